The number of nitrogens with one attached hydrogen (secondary N) is 2. The quantitative estimate of drug-likeness (QED) is 0.648. The Balaban J connectivity index is 1.37. The Labute approximate surface area is 189 Å². The van der Waals surface area contributed by atoms with Crippen LogP contribution in [0, 0.1) is 5.82 Å². The van der Waals surface area contributed by atoms with Gasteiger partial charge in [0.1, 0.15) is 17.7 Å². The molecule has 3 heterocycles. The summed E-state index contributed by atoms with van der Waals surface area (Å²) in [5.74, 6) is 0.761. The number of nitrogens with two attached hydrogens (primary N) is 1. The van der Waals surface area contributed by atoms with Crippen LogP contribution in [0.3, 0.4) is 0 Å². The molecule has 32 heavy (non-hydrogen) atoms. The fourth-order valence-corrected chi connectivity index (χ4v) is 5.64. The summed E-state index contributed by atoms with van der Waals surface area (Å²) in [7, 11) is 0. The van der Waals surface area contributed by atoms with Crippen molar-refractivity contribution >= 4 is 35.2 Å². The lowest BCUT2D eigenvalue weighted by atomic mass is 9.95. The van der Waals surface area contributed by atoms with Gasteiger partial charge in [-0.3, -0.25) is 14.4 Å². The number of carbonyl (C=O) groups is 3. The van der Waals surface area contributed by atoms with Crippen LogP contribution in [0.15, 0.2) is 42.5 Å². The van der Waals surface area contributed by atoms with Gasteiger partial charge in [0.25, 0.3) is 11.8 Å². The van der Waals surface area contributed by atoms with E-state index in [0.717, 1.165) is 11.6 Å². The largest absolute Gasteiger partial charge is 0.348 e. The number of quaternary nitrogens is 1. The van der Waals surface area contributed by atoms with Crippen molar-refractivity contribution < 1.29 is 24.1 Å². The number of thioether (sulfide) groups is 1. The van der Waals surface area contributed by atoms with Gasteiger partial charge in [0.05, 0.1) is 17.0 Å². The van der Waals surface area contributed by atoms with E-state index >= 15 is 0 Å². The standard InChI is InChI=1S/C23H23FN4O3S/c24-17-4-2-1-3-15(17)13-5-6-18-16(9-13)23(31)28-8-7-14(10-20(28)22(30)27-18)26-21(29)19-11-32-12-25-19/h1-6,9,14,19-20,25H,7-8,10-12H2,(H,26,29)(H,27,30)/p+1/t14-,19-,20-/m0/s1. The molecule has 9 heteroatoms. The van der Waals surface area contributed by atoms with Crippen molar-refractivity contribution in [1.82, 2.24) is 10.2 Å². The van der Waals surface area contributed by atoms with E-state index in [2.05, 4.69) is 10.6 Å². The molecule has 3 aliphatic rings. The second kappa shape index (κ2) is 8.55. The van der Waals surface area contributed by atoms with E-state index in [4.69, 9.17) is 0 Å². The third-order valence-corrected chi connectivity index (χ3v) is 7.36. The van der Waals surface area contributed by atoms with Crippen LogP contribution in [0.2, 0.25) is 0 Å². The number of halogens is 1. The number of benzene rings is 2. The molecule has 0 aromatic heterocycles. The van der Waals surface area contributed by atoms with Gasteiger partial charge in [0.15, 0.2) is 6.04 Å². The zero-order valence-corrected chi connectivity index (χ0v) is 18.2. The highest BCUT2D eigenvalue weighted by Gasteiger charge is 2.41. The maximum atomic E-state index is 14.3. The Kier molecular flexibility index (Phi) is 5.60. The van der Waals surface area contributed by atoms with E-state index < -0.39 is 6.04 Å². The summed E-state index contributed by atoms with van der Waals surface area (Å²) in [5.41, 5.74) is 1.75. The van der Waals surface area contributed by atoms with Crippen molar-refractivity contribution in [1.29, 1.82) is 0 Å². The van der Waals surface area contributed by atoms with Gasteiger partial charge in [-0.25, -0.2) is 4.39 Å². The molecule has 2 saturated heterocycles. The van der Waals surface area contributed by atoms with Gasteiger partial charge in [-0.05, 0) is 36.6 Å². The van der Waals surface area contributed by atoms with Crippen molar-refractivity contribution in [2.24, 2.45) is 0 Å². The predicted octanol–water partition coefficient (Wildman–Crippen LogP) is 1.17. The van der Waals surface area contributed by atoms with E-state index in [0.29, 0.717) is 41.8 Å². The highest BCUT2D eigenvalue weighted by atomic mass is 32.2. The smallest absolute Gasteiger partial charge is 0.279 e. The maximum absolute atomic E-state index is 14.3. The lowest BCUT2D eigenvalue weighted by molar-refractivity contribution is -0.648. The Hall–Kier alpha value is -2.91. The average Bonchev–Trinajstić information content (AvgIpc) is 3.31. The van der Waals surface area contributed by atoms with Crippen molar-refractivity contribution in [3.05, 3.63) is 53.8 Å². The summed E-state index contributed by atoms with van der Waals surface area (Å²) in [6.45, 7) is 0.369. The Morgan fingerprint density at radius 1 is 1.19 bits per heavy atom. The molecule has 0 aliphatic carbocycles. The first-order valence-electron chi connectivity index (χ1n) is 10.7. The van der Waals surface area contributed by atoms with Gasteiger partial charge in [-0.1, -0.05) is 36.0 Å². The first kappa shape index (κ1) is 21.0. The van der Waals surface area contributed by atoms with Crippen LogP contribution in [-0.2, 0) is 9.59 Å². The second-order valence-corrected chi connectivity index (χ2v) is 9.43. The Morgan fingerprint density at radius 3 is 2.81 bits per heavy atom. The van der Waals surface area contributed by atoms with Crippen LogP contribution in [0.25, 0.3) is 11.1 Å². The number of hydrogen-bond acceptors (Lipinski definition) is 4. The van der Waals surface area contributed by atoms with Crippen LogP contribution in [0.1, 0.15) is 23.2 Å². The number of nitrogens with zero attached hydrogens (tertiary/aromatic N) is 1. The van der Waals surface area contributed by atoms with Crippen LogP contribution in [0.5, 0.6) is 0 Å². The number of hydrogen-bond donors (Lipinski definition) is 3. The molecule has 5 rings (SSSR count). The number of fused-ring (bicyclic) bond motifs is 2. The lowest BCUT2D eigenvalue weighted by Gasteiger charge is -2.37. The normalized spacial score (nSPS) is 24.9. The highest BCUT2D eigenvalue weighted by molar-refractivity contribution is 7.99. The van der Waals surface area contributed by atoms with E-state index in [-0.39, 0.29) is 35.6 Å². The van der Waals surface area contributed by atoms with Crippen molar-refractivity contribution in [2.75, 3.05) is 23.5 Å². The topological polar surface area (TPSA) is 95.1 Å². The second-order valence-electron chi connectivity index (χ2n) is 8.35. The number of amides is 3. The third-order valence-electron chi connectivity index (χ3n) is 6.34. The molecule has 3 atom stereocenters. The van der Waals surface area contributed by atoms with Gasteiger partial charge >= 0.3 is 0 Å². The fraction of sp³-hybridized carbons (Fsp3) is 0.348. The molecule has 3 aliphatic heterocycles. The van der Waals surface area contributed by atoms with Gasteiger partial charge in [0.2, 0.25) is 5.91 Å². The Bertz CT molecular complexity index is 1090. The molecule has 3 amide bonds. The SMILES string of the molecule is O=C(N[C@H]1CCN2C(=O)c3cc(-c4ccccc4F)ccc3NC(=O)[C@@H]2C1)[C@@H]1CSC[NH2+]1. The summed E-state index contributed by atoms with van der Waals surface area (Å²) >= 11 is 1.73. The summed E-state index contributed by atoms with van der Waals surface area (Å²) < 4.78 is 14.3. The van der Waals surface area contributed by atoms with E-state index in [9.17, 15) is 18.8 Å². The van der Waals surface area contributed by atoms with Gasteiger partial charge in [-0.15, -0.1) is 0 Å². The van der Waals surface area contributed by atoms with E-state index in [1.54, 1.807) is 53.1 Å². The van der Waals surface area contributed by atoms with E-state index in [1.807, 2.05) is 5.32 Å². The molecule has 0 saturated carbocycles. The molecule has 2 fully saturated rings. The number of piperidine rings is 1. The predicted molar refractivity (Wildman–Crippen MR) is 119 cm³/mol. The van der Waals surface area contributed by atoms with Crippen LogP contribution >= 0.6 is 11.8 Å². The lowest BCUT2D eigenvalue weighted by Crippen LogP contribution is -2.89. The minimum Gasteiger partial charge on any atom is -0.348 e. The minimum atomic E-state index is -0.659. The van der Waals surface area contributed by atoms with Crippen LogP contribution in [0.4, 0.5) is 10.1 Å². The summed E-state index contributed by atoms with van der Waals surface area (Å²) in [5, 5.41) is 7.94. The molecule has 7 nitrogen and oxygen atoms in total. The van der Waals surface area contributed by atoms with Crippen LogP contribution < -0.4 is 16.0 Å². The molecule has 166 valence electrons. The molecule has 0 bridgehead atoms. The number of carbonyl (C=O) groups excluding carboxylic acids is 3. The first-order chi connectivity index (χ1) is 15.5. The molecular formula is C23H24FN4O3S+. The maximum Gasteiger partial charge on any atom is 0.279 e. The molecule has 4 N–H and O–H groups in total. The molecule has 0 unspecified atom stereocenters. The summed E-state index contributed by atoms with van der Waals surface area (Å²) in [6, 6.07) is 10.5. The van der Waals surface area contributed by atoms with E-state index in [1.165, 1.54) is 6.07 Å². The molecular weight excluding hydrogens is 431 g/mol. The van der Waals surface area contributed by atoms with Gasteiger partial charge in [0, 0.05) is 18.2 Å². The zero-order valence-electron chi connectivity index (χ0n) is 17.3. The summed E-state index contributed by atoms with van der Waals surface area (Å²) in [6.07, 6.45) is 0.959. The summed E-state index contributed by atoms with van der Waals surface area (Å²) in [4.78, 5) is 40.4. The third kappa shape index (κ3) is 3.86. The molecule has 0 spiro atoms. The highest BCUT2D eigenvalue weighted by Crippen LogP contribution is 2.32. The minimum absolute atomic E-state index is 0.00776. The fourth-order valence-electron chi connectivity index (χ4n) is 4.59. The van der Waals surface area contributed by atoms with Crippen molar-refractivity contribution in [3.8, 4) is 11.1 Å². The first-order valence-corrected chi connectivity index (χ1v) is 11.9. The van der Waals surface area contributed by atoms with Crippen molar-refractivity contribution in [3.63, 3.8) is 0 Å². The number of rotatable bonds is 3. The molecule has 2 aromatic rings. The molecule has 0 radical (unpaired) electrons. The monoisotopic (exact) mass is 455 g/mol. The van der Waals surface area contributed by atoms with Gasteiger partial charge < -0.3 is 20.9 Å². The van der Waals surface area contributed by atoms with Gasteiger partial charge in [-0.2, -0.15) is 0 Å². The van der Waals surface area contributed by atoms with Crippen LogP contribution in [-0.4, -0.2) is 58.9 Å². The number of anilines is 1. The van der Waals surface area contributed by atoms with Crippen molar-refractivity contribution in [2.45, 2.75) is 31.0 Å². The molecule has 2 aromatic carbocycles. The average molecular weight is 456 g/mol. The Morgan fingerprint density at radius 2 is 2.03 bits per heavy atom. The zero-order chi connectivity index (χ0) is 22.2.